The predicted octanol–water partition coefficient (Wildman–Crippen LogP) is 4.06. The molecule has 1 aromatic rings. The van der Waals surface area contributed by atoms with Crippen molar-refractivity contribution >= 4 is 17.4 Å². The molecular weight excluding hydrogens is 294 g/mol. The van der Waals surface area contributed by atoms with Gasteiger partial charge >= 0.3 is 6.03 Å². The number of hydrogen-bond donors (Lipinski definition) is 1. The zero-order valence-electron chi connectivity index (χ0n) is 13.3. The number of nitrogens with zero attached hydrogens (tertiary/aromatic N) is 2. The van der Waals surface area contributed by atoms with Crippen LogP contribution in [0, 0.1) is 5.92 Å². The lowest BCUT2D eigenvalue weighted by atomic mass is 9.92. The van der Waals surface area contributed by atoms with Gasteiger partial charge in [0.15, 0.2) is 0 Å². The third kappa shape index (κ3) is 2.75. The Morgan fingerprint density at radius 1 is 1.32 bits per heavy atom. The van der Waals surface area contributed by atoms with Gasteiger partial charge in [-0.15, -0.1) is 11.3 Å². The minimum Gasteiger partial charge on any atom is -0.330 e. The van der Waals surface area contributed by atoms with Crippen LogP contribution in [0.1, 0.15) is 74.5 Å². The standard InChI is InChI=1S/C17H25N3OS/c1-11(14-10-22-16(19-14)13-7-8-13)18-17(21)20-9-3-5-12-4-2-6-15(12)20/h10-13,15H,2-9H2,1H3,(H,18,21). The Morgan fingerprint density at radius 3 is 2.95 bits per heavy atom. The van der Waals surface area contributed by atoms with Crippen LogP contribution in [0.3, 0.4) is 0 Å². The monoisotopic (exact) mass is 319 g/mol. The number of hydrogen-bond acceptors (Lipinski definition) is 3. The van der Waals surface area contributed by atoms with E-state index in [1.54, 1.807) is 11.3 Å². The topological polar surface area (TPSA) is 45.2 Å². The summed E-state index contributed by atoms with van der Waals surface area (Å²) in [6.45, 7) is 2.98. The van der Waals surface area contributed by atoms with Crippen molar-refractivity contribution in [1.29, 1.82) is 0 Å². The molecule has 1 saturated heterocycles. The molecule has 5 heteroatoms. The van der Waals surface area contributed by atoms with Crippen LogP contribution < -0.4 is 5.32 Å². The summed E-state index contributed by atoms with van der Waals surface area (Å²) >= 11 is 1.75. The van der Waals surface area contributed by atoms with E-state index >= 15 is 0 Å². The zero-order chi connectivity index (χ0) is 15.1. The molecule has 3 fully saturated rings. The van der Waals surface area contributed by atoms with E-state index in [-0.39, 0.29) is 12.1 Å². The van der Waals surface area contributed by atoms with Gasteiger partial charge in [0.25, 0.3) is 0 Å². The van der Waals surface area contributed by atoms with Gasteiger partial charge in [0.05, 0.1) is 16.7 Å². The number of aromatic nitrogens is 1. The predicted molar refractivity (Wildman–Crippen MR) is 88.1 cm³/mol. The summed E-state index contributed by atoms with van der Waals surface area (Å²) in [5.74, 6) is 1.44. The first-order valence-corrected chi connectivity index (χ1v) is 9.63. The van der Waals surface area contributed by atoms with E-state index in [9.17, 15) is 4.79 Å². The first-order chi connectivity index (χ1) is 10.7. The molecule has 4 nitrogen and oxygen atoms in total. The average molecular weight is 319 g/mol. The number of likely N-dealkylation sites (tertiary alicyclic amines) is 1. The summed E-state index contributed by atoms with van der Waals surface area (Å²) in [5, 5.41) is 6.56. The average Bonchev–Trinajstić information content (AvgIpc) is 3.06. The van der Waals surface area contributed by atoms with Crippen molar-refractivity contribution in [2.75, 3.05) is 6.54 Å². The molecule has 0 bridgehead atoms. The lowest BCUT2D eigenvalue weighted by Gasteiger charge is -2.38. The fourth-order valence-electron chi connectivity index (χ4n) is 4.07. The highest BCUT2D eigenvalue weighted by Gasteiger charge is 2.37. The van der Waals surface area contributed by atoms with E-state index in [4.69, 9.17) is 4.98 Å². The normalized spacial score (nSPS) is 29.2. The number of carbonyl (C=O) groups is 1. The number of rotatable bonds is 3. The molecule has 4 rings (SSSR count). The first kappa shape index (κ1) is 14.5. The van der Waals surface area contributed by atoms with Crippen molar-refractivity contribution in [3.8, 4) is 0 Å². The highest BCUT2D eigenvalue weighted by atomic mass is 32.1. The fraction of sp³-hybridized carbons (Fsp3) is 0.765. The van der Waals surface area contributed by atoms with Gasteiger partial charge in [0, 0.05) is 23.9 Å². The molecule has 1 N–H and O–H groups in total. The molecule has 2 aliphatic carbocycles. The van der Waals surface area contributed by atoms with Crippen LogP contribution in [-0.2, 0) is 0 Å². The summed E-state index contributed by atoms with van der Waals surface area (Å²) in [6.07, 6.45) is 8.81. The molecule has 1 aromatic heterocycles. The minimum atomic E-state index is 0.0121. The maximum atomic E-state index is 12.7. The summed E-state index contributed by atoms with van der Waals surface area (Å²) in [4.78, 5) is 19.5. The maximum Gasteiger partial charge on any atom is 0.318 e. The Balaban J connectivity index is 1.39. The summed E-state index contributed by atoms with van der Waals surface area (Å²) in [5.41, 5.74) is 1.03. The van der Waals surface area contributed by atoms with Crippen LogP contribution >= 0.6 is 11.3 Å². The molecule has 3 aliphatic rings. The van der Waals surface area contributed by atoms with Crippen LogP contribution in [0.4, 0.5) is 4.79 Å². The van der Waals surface area contributed by atoms with Gasteiger partial charge in [-0.25, -0.2) is 9.78 Å². The Morgan fingerprint density at radius 2 is 2.14 bits per heavy atom. The van der Waals surface area contributed by atoms with Gasteiger partial charge in [-0.3, -0.25) is 0 Å². The van der Waals surface area contributed by atoms with Gasteiger partial charge in [0.1, 0.15) is 0 Å². The highest BCUT2D eigenvalue weighted by Crippen LogP contribution is 2.42. The molecule has 120 valence electrons. The third-order valence-electron chi connectivity index (χ3n) is 5.50. The van der Waals surface area contributed by atoms with Gasteiger partial charge < -0.3 is 10.2 Å². The third-order valence-corrected chi connectivity index (χ3v) is 6.53. The van der Waals surface area contributed by atoms with Crippen molar-refractivity contribution in [2.24, 2.45) is 5.92 Å². The second kappa shape index (κ2) is 5.84. The molecule has 22 heavy (non-hydrogen) atoms. The van der Waals surface area contributed by atoms with Gasteiger partial charge in [-0.1, -0.05) is 6.42 Å². The van der Waals surface area contributed by atoms with Crippen molar-refractivity contribution in [1.82, 2.24) is 15.2 Å². The molecule has 3 atom stereocenters. The molecule has 1 aliphatic heterocycles. The van der Waals surface area contributed by atoms with Gasteiger partial charge in [-0.2, -0.15) is 0 Å². The number of thiazole rings is 1. The second-order valence-corrected chi connectivity index (χ2v) is 8.04. The summed E-state index contributed by atoms with van der Waals surface area (Å²) < 4.78 is 0. The molecule has 0 aromatic carbocycles. The van der Waals surface area contributed by atoms with E-state index in [1.165, 1.54) is 43.5 Å². The Labute approximate surface area is 136 Å². The number of urea groups is 1. The second-order valence-electron chi connectivity index (χ2n) is 7.15. The van der Waals surface area contributed by atoms with Gasteiger partial charge in [0.2, 0.25) is 0 Å². The van der Waals surface area contributed by atoms with Crippen molar-refractivity contribution < 1.29 is 4.79 Å². The van der Waals surface area contributed by atoms with Crippen LogP contribution in [-0.4, -0.2) is 28.5 Å². The molecule has 2 heterocycles. The summed E-state index contributed by atoms with van der Waals surface area (Å²) in [6, 6.07) is 0.613. The lowest BCUT2D eigenvalue weighted by molar-refractivity contribution is 0.126. The molecule has 3 unspecified atom stereocenters. The number of fused-ring (bicyclic) bond motifs is 1. The fourth-order valence-corrected chi connectivity index (χ4v) is 5.15. The number of amides is 2. The van der Waals surface area contributed by atoms with E-state index in [0.717, 1.165) is 24.6 Å². The van der Waals surface area contributed by atoms with E-state index in [1.807, 2.05) is 0 Å². The Bertz CT molecular complexity index is 554. The minimum absolute atomic E-state index is 0.0121. The smallest absolute Gasteiger partial charge is 0.318 e. The van der Waals surface area contributed by atoms with Crippen LogP contribution in [0.15, 0.2) is 5.38 Å². The molecule has 2 amide bonds. The van der Waals surface area contributed by atoms with Crippen LogP contribution in [0.5, 0.6) is 0 Å². The van der Waals surface area contributed by atoms with E-state index in [0.29, 0.717) is 12.0 Å². The number of nitrogens with one attached hydrogen (secondary N) is 1. The van der Waals surface area contributed by atoms with E-state index < -0.39 is 0 Å². The van der Waals surface area contributed by atoms with Crippen molar-refractivity contribution in [3.63, 3.8) is 0 Å². The van der Waals surface area contributed by atoms with E-state index in [2.05, 4.69) is 22.5 Å². The molecular formula is C17H25N3OS. The Kier molecular flexibility index (Phi) is 3.84. The Hall–Kier alpha value is -1.10. The van der Waals surface area contributed by atoms with Crippen molar-refractivity contribution in [3.05, 3.63) is 16.1 Å². The zero-order valence-corrected chi connectivity index (χ0v) is 14.1. The molecule has 2 saturated carbocycles. The lowest BCUT2D eigenvalue weighted by Crippen LogP contribution is -2.50. The number of carbonyl (C=O) groups excluding carboxylic acids is 1. The molecule has 0 radical (unpaired) electrons. The highest BCUT2D eigenvalue weighted by molar-refractivity contribution is 7.09. The van der Waals surface area contributed by atoms with Crippen LogP contribution in [0.2, 0.25) is 0 Å². The molecule has 0 spiro atoms. The van der Waals surface area contributed by atoms with Gasteiger partial charge in [-0.05, 0) is 51.4 Å². The quantitative estimate of drug-likeness (QED) is 0.913. The SMILES string of the molecule is CC(NC(=O)N1CCCC2CCCC21)c1csc(C2CC2)n1. The summed E-state index contributed by atoms with van der Waals surface area (Å²) in [7, 11) is 0. The number of piperidine rings is 1. The van der Waals surface area contributed by atoms with Crippen LogP contribution in [0.25, 0.3) is 0 Å². The maximum absolute atomic E-state index is 12.7. The van der Waals surface area contributed by atoms with Crippen molar-refractivity contribution in [2.45, 2.75) is 69.9 Å². The largest absolute Gasteiger partial charge is 0.330 e. The first-order valence-electron chi connectivity index (χ1n) is 8.75.